The largest absolute Gasteiger partial charge is 0.444 e. The summed E-state index contributed by atoms with van der Waals surface area (Å²) < 4.78 is 19.0. The highest BCUT2D eigenvalue weighted by Gasteiger charge is 2.51. The number of amides is 1. The first-order valence-electron chi connectivity index (χ1n) is 9.33. The van der Waals surface area contributed by atoms with Crippen LogP contribution in [0.3, 0.4) is 0 Å². The Balaban J connectivity index is 1.82. The average molecular weight is 364 g/mol. The summed E-state index contributed by atoms with van der Waals surface area (Å²) in [6, 6.07) is 9.36. The van der Waals surface area contributed by atoms with E-state index < -0.39 is 24.4 Å². The number of aliphatic hydroxyl groups is 1. The van der Waals surface area contributed by atoms with Gasteiger partial charge in [-0.25, -0.2) is 9.18 Å². The van der Waals surface area contributed by atoms with Crippen LogP contribution < -0.4 is 0 Å². The Labute approximate surface area is 154 Å². The molecule has 2 aliphatic heterocycles. The first-order chi connectivity index (χ1) is 12.3. The number of likely N-dealkylation sites (tertiary alicyclic amines) is 1. The Morgan fingerprint density at radius 3 is 2.62 bits per heavy atom. The zero-order chi connectivity index (χ0) is 18.9. The van der Waals surface area contributed by atoms with E-state index in [-0.39, 0.29) is 18.2 Å². The van der Waals surface area contributed by atoms with Crippen LogP contribution in [0.5, 0.6) is 0 Å². The van der Waals surface area contributed by atoms with E-state index in [1.807, 2.05) is 51.1 Å². The lowest BCUT2D eigenvalue weighted by Crippen LogP contribution is -2.65. The molecule has 1 unspecified atom stereocenters. The van der Waals surface area contributed by atoms with Crippen molar-refractivity contribution < 1.29 is 19.0 Å². The van der Waals surface area contributed by atoms with Crippen molar-refractivity contribution in [1.29, 1.82) is 0 Å². The van der Waals surface area contributed by atoms with E-state index in [0.29, 0.717) is 13.1 Å². The second-order valence-electron chi connectivity index (χ2n) is 8.31. The highest BCUT2D eigenvalue weighted by Crippen LogP contribution is 2.37. The van der Waals surface area contributed by atoms with Gasteiger partial charge in [-0.15, -0.1) is 0 Å². The number of piperazine rings is 1. The minimum atomic E-state index is -1.12. The van der Waals surface area contributed by atoms with Crippen molar-refractivity contribution >= 4 is 6.09 Å². The molecule has 2 heterocycles. The van der Waals surface area contributed by atoms with Gasteiger partial charge >= 0.3 is 6.09 Å². The number of hydrogen-bond acceptors (Lipinski definition) is 4. The summed E-state index contributed by atoms with van der Waals surface area (Å²) in [7, 11) is 0. The molecule has 2 aliphatic rings. The zero-order valence-corrected chi connectivity index (χ0v) is 15.8. The number of hydrogen-bond donors (Lipinski definition) is 1. The monoisotopic (exact) mass is 364 g/mol. The van der Waals surface area contributed by atoms with E-state index in [0.717, 1.165) is 18.4 Å². The predicted octanol–water partition coefficient (Wildman–Crippen LogP) is 2.97. The van der Waals surface area contributed by atoms with Gasteiger partial charge in [-0.3, -0.25) is 9.80 Å². The number of rotatable bonds is 4. The number of carbonyl (C=O) groups is 1. The molecule has 1 amide bonds. The van der Waals surface area contributed by atoms with Crippen LogP contribution in [0, 0.1) is 0 Å². The molecule has 0 aliphatic carbocycles. The number of nitrogens with zero attached hydrogens (tertiary/aromatic N) is 2. The number of carbonyl (C=O) groups excluding carboxylic acids is 1. The summed E-state index contributed by atoms with van der Waals surface area (Å²) in [6.07, 6.45) is 0.134. The molecule has 0 aromatic heterocycles. The molecule has 4 atom stereocenters. The third kappa shape index (κ3) is 4.01. The van der Waals surface area contributed by atoms with E-state index in [1.165, 1.54) is 0 Å². The first-order valence-corrected chi connectivity index (χ1v) is 9.33. The summed E-state index contributed by atoms with van der Waals surface area (Å²) in [6.45, 7) is 5.95. The molecule has 6 heteroatoms. The van der Waals surface area contributed by atoms with Crippen molar-refractivity contribution in [1.82, 2.24) is 9.80 Å². The number of ether oxygens (including phenoxy) is 1. The van der Waals surface area contributed by atoms with Crippen molar-refractivity contribution in [2.24, 2.45) is 0 Å². The summed E-state index contributed by atoms with van der Waals surface area (Å²) in [5, 5.41) is 10.4. The van der Waals surface area contributed by atoms with Gasteiger partial charge in [0.15, 0.2) is 0 Å². The molecule has 26 heavy (non-hydrogen) atoms. The average Bonchev–Trinajstić information content (AvgIpc) is 2.89. The van der Waals surface area contributed by atoms with E-state index in [9.17, 15) is 14.3 Å². The molecule has 0 saturated carbocycles. The first kappa shape index (κ1) is 19.1. The molecule has 1 aromatic rings. The lowest BCUT2D eigenvalue weighted by atomic mass is 9.97. The summed E-state index contributed by atoms with van der Waals surface area (Å²) in [5.41, 5.74) is 0.542. The molecule has 2 fully saturated rings. The van der Waals surface area contributed by atoms with Gasteiger partial charge in [0.05, 0.1) is 18.2 Å². The number of benzene rings is 1. The van der Waals surface area contributed by atoms with Crippen LogP contribution in [-0.2, 0) is 11.3 Å². The standard InChI is InChI=1S/C20H29FN2O3/c1-20(2,3)26-19(25)23-15-9-10-16(23)18(17(24)11-21)22(13-15)12-14-7-5-4-6-8-14/h4-8,15-18,24H,9-13H2,1-3H3/t15-,16+,17?,18+/m1/s1. The van der Waals surface area contributed by atoms with Crippen LogP contribution >= 0.6 is 0 Å². The second kappa shape index (κ2) is 7.53. The number of halogens is 1. The second-order valence-corrected chi connectivity index (χ2v) is 8.31. The van der Waals surface area contributed by atoms with Gasteiger partial charge in [-0.2, -0.15) is 0 Å². The Kier molecular flexibility index (Phi) is 5.53. The van der Waals surface area contributed by atoms with Crippen LogP contribution in [0.25, 0.3) is 0 Å². The van der Waals surface area contributed by atoms with Gasteiger partial charge in [0.1, 0.15) is 12.3 Å². The van der Waals surface area contributed by atoms with Crippen LogP contribution in [-0.4, -0.2) is 64.0 Å². The fourth-order valence-corrected chi connectivity index (χ4v) is 4.24. The van der Waals surface area contributed by atoms with Crippen molar-refractivity contribution in [2.75, 3.05) is 13.2 Å². The van der Waals surface area contributed by atoms with Gasteiger partial charge < -0.3 is 9.84 Å². The molecule has 1 N–H and O–H groups in total. The molecule has 2 saturated heterocycles. The zero-order valence-electron chi connectivity index (χ0n) is 15.8. The molecule has 5 nitrogen and oxygen atoms in total. The van der Waals surface area contributed by atoms with E-state index in [2.05, 4.69) is 4.90 Å². The maximum Gasteiger partial charge on any atom is 0.410 e. The Morgan fingerprint density at radius 2 is 2.00 bits per heavy atom. The molecule has 1 aromatic carbocycles. The molecule has 3 rings (SSSR count). The smallest absolute Gasteiger partial charge is 0.410 e. The number of alkyl halides is 1. The van der Waals surface area contributed by atoms with Crippen molar-refractivity contribution in [3.63, 3.8) is 0 Å². The normalized spacial score (nSPS) is 27.4. The van der Waals surface area contributed by atoms with Gasteiger partial charge in [-0.05, 0) is 39.2 Å². The Morgan fingerprint density at radius 1 is 1.31 bits per heavy atom. The fraction of sp³-hybridized carbons (Fsp3) is 0.650. The van der Waals surface area contributed by atoms with Gasteiger partial charge in [0, 0.05) is 19.1 Å². The summed E-state index contributed by atoms with van der Waals surface area (Å²) in [5.74, 6) is 0. The Hall–Kier alpha value is -1.66. The van der Waals surface area contributed by atoms with E-state index in [1.54, 1.807) is 4.90 Å². The van der Waals surface area contributed by atoms with Crippen molar-refractivity contribution in [2.45, 2.75) is 70.0 Å². The number of fused-ring (bicyclic) bond motifs is 2. The molecule has 144 valence electrons. The summed E-state index contributed by atoms with van der Waals surface area (Å²) in [4.78, 5) is 16.6. The van der Waals surface area contributed by atoms with E-state index >= 15 is 0 Å². The lowest BCUT2D eigenvalue weighted by molar-refractivity contribution is -0.0624. The van der Waals surface area contributed by atoms with Crippen molar-refractivity contribution in [3.8, 4) is 0 Å². The third-order valence-corrected chi connectivity index (χ3v) is 5.19. The molecule has 0 radical (unpaired) electrons. The molecular formula is C20H29FN2O3. The lowest BCUT2D eigenvalue weighted by Gasteiger charge is -2.48. The minimum Gasteiger partial charge on any atom is -0.444 e. The highest BCUT2D eigenvalue weighted by molar-refractivity contribution is 5.70. The SMILES string of the molecule is CC(C)(C)OC(=O)N1[C@@H]2CC[C@H]1[C@@H](C(O)CF)N(Cc1ccccc1)C2. The van der Waals surface area contributed by atoms with Crippen LogP contribution in [0.1, 0.15) is 39.2 Å². The van der Waals surface area contributed by atoms with E-state index in [4.69, 9.17) is 4.74 Å². The van der Waals surface area contributed by atoms with Gasteiger partial charge in [0.25, 0.3) is 0 Å². The topological polar surface area (TPSA) is 53.0 Å². The van der Waals surface area contributed by atoms with Gasteiger partial charge in [0.2, 0.25) is 0 Å². The molecule has 0 spiro atoms. The van der Waals surface area contributed by atoms with Crippen LogP contribution in [0.15, 0.2) is 30.3 Å². The highest BCUT2D eigenvalue weighted by atomic mass is 19.1. The van der Waals surface area contributed by atoms with Crippen molar-refractivity contribution in [3.05, 3.63) is 35.9 Å². The van der Waals surface area contributed by atoms with Crippen LogP contribution in [0.4, 0.5) is 9.18 Å². The fourth-order valence-electron chi connectivity index (χ4n) is 4.24. The predicted molar refractivity (Wildman–Crippen MR) is 97.5 cm³/mol. The van der Waals surface area contributed by atoms with Crippen LogP contribution in [0.2, 0.25) is 0 Å². The molecular weight excluding hydrogens is 335 g/mol. The Bertz CT molecular complexity index is 619. The maximum atomic E-state index is 13.4. The molecule has 2 bridgehead atoms. The maximum absolute atomic E-state index is 13.4. The minimum absolute atomic E-state index is 0.0432. The quantitative estimate of drug-likeness (QED) is 0.892. The number of aliphatic hydroxyl groups excluding tert-OH is 1. The third-order valence-electron chi connectivity index (χ3n) is 5.19. The van der Waals surface area contributed by atoms with Gasteiger partial charge in [-0.1, -0.05) is 30.3 Å². The summed E-state index contributed by atoms with van der Waals surface area (Å²) >= 11 is 0.